The van der Waals surface area contributed by atoms with E-state index in [0.29, 0.717) is 45.6 Å². The molecule has 0 unspecified atom stereocenters. The number of ketones is 1. The van der Waals surface area contributed by atoms with Crippen molar-refractivity contribution >= 4 is 39.4 Å². The molecule has 0 fully saturated rings. The van der Waals surface area contributed by atoms with Crippen molar-refractivity contribution in [3.8, 4) is 28.7 Å². The number of halogens is 1. The Morgan fingerprint density at radius 1 is 0.833 bits per heavy atom. The van der Waals surface area contributed by atoms with Crippen LogP contribution in [0.15, 0.2) is 65.1 Å². The quantitative estimate of drug-likeness (QED) is 0.250. The number of hydrogen-bond donors (Lipinski definition) is 1. The van der Waals surface area contributed by atoms with Gasteiger partial charge in [0.15, 0.2) is 35.4 Å². The number of hydrogen-bond acceptors (Lipinski definition) is 7. The van der Waals surface area contributed by atoms with Gasteiger partial charge in [0.2, 0.25) is 5.75 Å². The molecule has 3 aromatic carbocycles. The minimum atomic E-state index is -0.331. The van der Waals surface area contributed by atoms with E-state index in [9.17, 15) is 9.59 Å². The van der Waals surface area contributed by atoms with Crippen LogP contribution in [-0.2, 0) is 4.79 Å². The van der Waals surface area contributed by atoms with E-state index in [0.717, 1.165) is 4.47 Å². The van der Waals surface area contributed by atoms with Crippen LogP contribution in [0.2, 0.25) is 0 Å². The van der Waals surface area contributed by atoms with Gasteiger partial charge in [0, 0.05) is 10.0 Å². The highest BCUT2D eigenvalue weighted by Gasteiger charge is 2.16. The molecule has 9 heteroatoms. The average molecular weight is 556 g/mol. The number of amides is 1. The molecule has 1 amide bonds. The predicted molar refractivity (Wildman–Crippen MR) is 141 cm³/mol. The van der Waals surface area contributed by atoms with E-state index >= 15 is 0 Å². The van der Waals surface area contributed by atoms with Crippen molar-refractivity contribution in [2.45, 2.75) is 0 Å². The zero-order valence-corrected chi connectivity index (χ0v) is 21.9. The first-order valence-corrected chi connectivity index (χ1v) is 11.6. The second kappa shape index (κ2) is 12.6. The number of anilines is 1. The number of carbonyl (C=O) groups excluding carboxylic acids is 2. The summed E-state index contributed by atoms with van der Waals surface area (Å²) in [6.45, 7) is -0.227. The van der Waals surface area contributed by atoms with E-state index in [-0.39, 0.29) is 18.3 Å². The molecule has 0 aromatic heterocycles. The van der Waals surface area contributed by atoms with Gasteiger partial charge in [0.05, 0.1) is 34.1 Å². The van der Waals surface area contributed by atoms with Crippen molar-refractivity contribution in [2.75, 3.05) is 40.4 Å². The van der Waals surface area contributed by atoms with Gasteiger partial charge >= 0.3 is 0 Å². The first-order valence-electron chi connectivity index (χ1n) is 10.8. The zero-order valence-electron chi connectivity index (χ0n) is 20.3. The van der Waals surface area contributed by atoms with Crippen LogP contribution in [0.4, 0.5) is 5.69 Å². The van der Waals surface area contributed by atoms with Gasteiger partial charge < -0.3 is 29.0 Å². The Balaban J connectivity index is 1.74. The third-order valence-electron chi connectivity index (χ3n) is 5.07. The highest BCUT2D eigenvalue weighted by Crippen LogP contribution is 2.38. The molecule has 0 atom stereocenters. The van der Waals surface area contributed by atoms with Crippen LogP contribution in [-0.4, -0.2) is 46.7 Å². The Bertz CT molecular complexity index is 1250. The molecule has 0 saturated carbocycles. The van der Waals surface area contributed by atoms with Gasteiger partial charge in [0.25, 0.3) is 5.91 Å². The maximum Gasteiger partial charge on any atom is 0.262 e. The van der Waals surface area contributed by atoms with Gasteiger partial charge in [-0.2, -0.15) is 0 Å². The number of ether oxygens (including phenoxy) is 5. The van der Waals surface area contributed by atoms with Crippen molar-refractivity contribution in [1.29, 1.82) is 0 Å². The third-order valence-corrected chi connectivity index (χ3v) is 5.76. The van der Waals surface area contributed by atoms with Crippen molar-refractivity contribution in [3.05, 3.63) is 76.3 Å². The van der Waals surface area contributed by atoms with Crippen LogP contribution in [0.1, 0.15) is 15.9 Å². The van der Waals surface area contributed by atoms with Gasteiger partial charge in [-0.25, -0.2) is 0 Å². The molecule has 188 valence electrons. The molecule has 0 heterocycles. The molecule has 0 spiro atoms. The molecule has 3 rings (SSSR count). The number of carbonyl (C=O) groups is 2. The average Bonchev–Trinajstić information content (AvgIpc) is 2.90. The molecule has 0 aliphatic carbocycles. The van der Waals surface area contributed by atoms with Gasteiger partial charge in [-0.15, -0.1) is 0 Å². The summed E-state index contributed by atoms with van der Waals surface area (Å²) in [5, 5.41) is 2.78. The number of allylic oxidation sites excluding steroid dienone is 1. The molecular formula is C27H26BrNO7. The topological polar surface area (TPSA) is 92.3 Å². The van der Waals surface area contributed by atoms with Crippen molar-refractivity contribution in [3.63, 3.8) is 0 Å². The van der Waals surface area contributed by atoms with Crippen LogP contribution in [0.3, 0.4) is 0 Å². The molecule has 36 heavy (non-hydrogen) atoms. The molecule has 0 aliphatic heterocycles. The van der Waals surface area contributed by atoms with Crippen LogP contribution < -0.4 is 29.0 Å². The van der Waals surface area contributed by atoms with Crippen molar-refractivity contribution in [2.24, 2.45) is 0 Å². The van der Waals surface area contributed by atoms with Crippen molar-refractivity contribution < 1.29 is 33.3 Å². The number of nitrogens with one attached hydrogen (secondary N) is 1. The maximum atomic E-state index is 12.8. The SMILES string of the molecule is COc1ccc(/C=C/C(=O)c2cc(OC)c(OC)c(OC)c2)cc1OCC(=O)Nc1ccccc1Br. The summed E-state index contributed by atoms with van der Waals surface area (Å²) in [7, 11) is 5.97. The molecule has 0 aliphatic rings. The Labute approximate surface area is 217 Å². The normalized spacial score (nSPS) is 10.6. The Hall–Kier alpha value is -3.98. The Morgan fingerprint density at radius 2 is 1.50 bits per heavy atom. The van der Waals surface area contributed by atoms with E-state index in [1.54, 1.807) is 42.5 Å². The molecular weight excluding hydrogens is 530 g/mol. The standard InChI is InChI=1S/C27H26BrNO7/c1-32-22-12-10-17(13-23(22)36-16-26(31)29-20-8-6-5-7-19(20)28)9-11-21(30)18-14-24(33-2)27(35-4)25(15-18)34-3/h5-15H,16H2,1-4H3,(H,29,31)/b11-9+. The summed E-state index contributed by atoms with van der Waals surface area (Å²) < 4.78 is 27.7. The highest BCUT2D eigenvalue weighted by molar-refractivity contribution is 9.10. The van der Waals surface area contributed by atoms with Crippen LogP contribution in [0.5, 0.6) is 28.7 Å². The summed E-state index contributed by atoms with van der Waals surface area (Å²) in [6, 6.07) is 15.6. The predicted octanol–water partition coefficient (Wildman–Crippen LogP) is 5.40. The molecule has 0 radical (unpaired) electrons. The lowest BCUT2D eigenvalue weighted by molar-refractivity contribution is -0.118. The lowest BCUT2D eigenvalue weighted by Gasteiger charge is -2.13. The van der Waals surface area contributed by atoms with E-state index in [1.165, 1.54) is 34.5 Å². The van der Waals surface area contributed by atoms with E-state index in [4.69, 9.17) is 23.7 Å². The summed E-state index contributed by atoms with van der Waals surface area (Å²) in [4.78, 5) is 25.2. The summed E-state index contributed by atoms with van der Waals surface area (Å²) >= 11 is 3.39. The Morgan fingerprint density at radius 3 is 2.11 bits per heavy atom. The van der Waals surface area contributed by atoms with Crippen LogP contribution in [0.25, 0.3) is 6.08 Å². The smallest absolute Gasteiger partial charge is 0.262 e. The van der Waals surface area contributed by atoms with E-state index < -0.39 is 0 Å². The number of rotatable bonds is 11. The molecule has 8 nitrogen and oxygen atoms in total. The minimum absolute atomic E-state index is 0.227. The van der Waals surface area contributed by atoms with Gasteiger partial charge in [-0.3, -0.25) is 9.59 Å². The number of para-hydroxylation sites is 1. The second-order valence-electron chi connectivity index (χ2n) is 7.34. The van der Waals surface area contributed by atoms with Gasteiger partial charge in [0.1, 0.15) is 0 Å². The first-order chi connectivity index (χ1) is 17.4. The van der Waals surface area contributed by atoms with Crippen LogP contribution >= 0.6 is 15.9 Å². The fraction of sp³-hybridized carbons (Fsp3) is 0.185. The number of methoxy groups -OCH3 is 4. The number of benzene rings is 3. The highest BCUT2D eigenvalue weighted by atomic mass is 79.9. The lowest BCUT2D eigenvalue weighted by Crippen LogP contribution is -2.20. The van der Waals surface area contributed by atoms with Crippen LogP contribution in [0, 0.1) is 0 Å². The lowest BCUT2D eigenvalue weighted by atomic mass is 10.1. The van der Waals surface area contributed by atoms with Gasteiger partial charge in [-0.05, 0) is 64.0 Å². The minimum Gasteiger partial charge on any atom is -0.493 e. The summed E-state index contributed by atoms with van der Waals surface area (Å²) in [5.74, 6) is 1.40. The first kappa shape index (κ1) is 26.6. The molecule has 3 aromatic rings. The molecule has 1 N–H and O–H groups in total. The molecule has 0 bridgehead atoms. The second-order valence-corrected chi connectivity index (χ2v) is 8.19. The summed E-state index contributed by atoms with van der Waals surface area (Å²) in [6.07, 6.45) is 3.06. The van der Waals surface area contributed by atoms with E-state index in [2.05, 4.69) is 21.2 Å². The maximum absolute atomic E-state index is 12.8. The largest absolute Gasteiger partial charge is 0.493 e. The summed E-state index contributed by atoms with van der Waals surface area (Å²) in [5.41, 5.74) is 1.69. The fourth-order valence-electron chi connectivity index (χ4n) is 3.29. The zero-order chi connectivity index (χ0) is 26.1. The monoisotopic (exact) mass is 555 g/mol. The van der Waals surface area contributed by atoms with E-state index in [1.807, 2.05) is 18.2 Å². The third kappa shape index (κ3) is 6.57. The fourth-order valence-corrected chi connectivity index (χ4v) is 3.68. The molecule has 0 saturated heterocycles. The van der Waals surface area contributed by atoms with Crippen molar-refractivity contribution in [1.82, 2.24) is 0 Å². The van der Waals surface area contributed by atoms with Gasteiger partial charge in [-0.1, -0.05) is 24.3 Å². The Kier molecular flexibility index (Phi) is 9.35.